The van der Waals surface area contributed by atoms with E-state index in [0.29, 0.717) is 23.0 Å². The summed E-state index contributed by atoms with van der Waals surface area (Å²) in [7, 11) is 0. The Balaban J connectivity index is 3.04. The van der Waals surface area contributed by atoms with Gasteiger partial charge in [0.1, 0.15) is 0 Å². The molecule has 0 unspecified atom stereocenters. The minimum absolute atomic E-state index is 0.0958. The molecular formula is C9H10Cl2N2O2. The summed E-state index contributed by atoms with van der Waals surface area (Å²) in [6, 6.07) is 2.61. The Kier molecular flexibility index (Phi) is 4.32. The van der Waals surface area contributed by atoms with Crippen molar-refractivity contribution < 1.29 is 4.92 Å². The largest absolute Gasteiger partial charge is 0.330 e. The highest BCUT2D eigenvalue weighted by molar-refractivity contribution is 6.36. The summed E-state index contributed by atoms with van der Waals surface area (Å²) < 4.78 is 0. The van der Waals surface area contributed by atoms with Crippen LogP contribution in [0.1, 0.15) is 12.0 Å². The number of nitro groups is 1. The van der Waals surface area contributed by atoms with E-state index >= 15 is 0 Å². The smallest absolute Gasteiger partial charge is 0.272 e. The zero-order valence-electron chi connectivity index (χ0n) is 7.87. The molecule has 0 aromatic heterocycles. The highest BCUT2D eigenvalue weighted by Crippen LogP contribution is 2.30. The van der Waals surface area contributed by atoms with Crippen molar-refractivity contribution in [3.63, 3.8) is 0 Å². The molecule has 0 bridgehead atoms. The van der Waals surface area contributed by atoms with Crippen molar-refractivity contribution in [1.29, 1.82) is 0 Å². The third-order valence-electron chi connectivity index (χ3n) is 1.97. The fraction of sp³-hybridized carbons (Fsp3) is 0.333. The predicted molar refractivity (Wildman–Crippen MR) is 60.5 cm³/mol. The van der Waals surface area contributed by atoms with Gasteiger partial charge < -0.3 is 5.73 Å². The molecule has 0 aliphatic carbocycles. The lowest BCUT2D eigenvalue weighted by molar-refractivity contribution is -0.384. The van der Waals surface area contributed by atoms with Crippen LogP contribution in [0.2, 0.25) is 10.0 Å². The molecule has 15 heavy (non-hydrogen) atoms. The van der Waals surface area contributed by atoms with Gasteiger partial charge in [-0.3, -0.25) is 10.1 Å². The molecule has 0 aliphatic heterocycles. The third kappa shape index (κ3) is 3.06. The Morgan fingerprint density at radius 3 is 2.27 bits per heavy atom. The van der Waals surface area contributed by atoms with Gasteiger partial charge in [-0.1, -0.05) is 23.2 Å². The molecule has 6 heteroatoms. The monoisotopic (exact) mass is 248 g/mol. The van der Waals surface area contributed by atoms with E-state index in [1.54, 1.807) is 0 Å². The molecule has 1 aromatic carbocycles. The number of benzene rings is 1. The number of halogens is 2. The van der Waals surface area contributed by atoms with Gasteiger partial charge in [0.2, 0.25) is 0 Å². The maximum absolute atomic E-state index is 10.5. The van der Waals surface area contributed by atoms with Crippen molar-refractivity contribution in [2.75, 3.05) is 6.54 Å². The Labute approximate surface area is 97.1 Å². The Hall–Kier alpha value is -0.840. The van der Waals surface area contributed by atoms with E-state index in [4.69, 9.17) is 28.9 Å². The molecule has 1 aromatic rings. The fourth-order valence-electron chi connectivity index (χ4n) is 1.21. The number of hydrogen-bond acceptors (Lipinski definition) is 3. The molecule has 0 amide bonds. The Bertz CT molecular complexity index is 359. The van der Waals surface area contributed by atoms with Crippen LogP contribution in [-0.4, -0.2) is 11.5 Å². The standard InChI is InChI=1S/C9H10Cl2N2O2/c10-8-4-6(13(14)15)5-9(11)7(8)2-1-3-12/h4-5H,1-3,12H2. The molecular weight excluding hydrogens is 239 g/mol. The topological polar surface area (TPSA) is 69.2 Å². The second kappa shape index (κ2) is 5.30. The minimum Gasteiger partial charge on any atom is -0.330 e. The van der Waals surface area contributed by atoms with Gasteiger partial charge in [-0.25, -0.2) is 0 Å². The van der Waals surface area contributed by atoms with Crippen LogP contribution >= 0.6 is 23.2 Å². The van der Waals surface area contributed by atoms with Crippen LogP contribution in [0.3, 0.4) is 0 Å². The van der Waals surface area contributed by atoms with Crippen LogP contribution < -0.4 is 5.73 Å². The Morgan fingerprint density at radius 1 is 1.33 bits per heavy atom. The van der Waals surface area contributed by atoms with Crippen molar-refractivity contribution in [3.05, 3.63) is 37.9 Å². The number of rotatable bonds is 4. The number of hydrogen-bond donors (Lipinski definition) is 1. The van der Waals surface area contributed by atoms with E-state index in [0.717, 1.165) is 12.0 Å². The molecule has 82 valence electrons. The second-order valence-electron chi connectivity index (χ2n) is 3.04. The zero-order valence-corrected chi connectivity index (χ0v) is 9.38. The third-order valence-corrected chi connectivity index (χ3v) is 2.64. The molecule has 0 aliphatic rings. The Morgan fingerprint density at radius 2 is 1.87 bits per heavy atom. The second-order valence-corrected chi connectivity index (χ2v) is 3.85. The lowest BCUT2D eigenvalue weighted by Crippen LogP contribution is -2.01. The summed E-state index contributed by atoms with van der Waals surface area (Å²) in [5.74, 6) is 0. The maximum Gasteiger partial charge on any atom is 0.272 e. The van der Waals surface area contributed by atoms with Gasteiger partial charge in [-0.15, -0.1) is 0 Å². The van der Waals surface area contributed by atoms with E-state index in [-0.39, 0.29) is 5.69 Å². The van der Waals surface area contributed by atoms with Crippen LogP contribution in [0.25, 0.3) is 0 Å². The summed E-state index contributed by atoms with van der Waals surface area (Å²) in [5, 5.41) is 11.1. The normalized spacial score (nSPS) is 10.3. The summed E-state index contributed by atoms with van der Waals surface area (Å²) in [5.41, 5.74) is 5.98. The molecule has 0 radical (unpaired) electrons. The van der Waals surface area contributed by atoms with Crippen molar-refractivity contribution >= 4 is 28.9 Å². The lowest BCUT2D eigenvalue weighted by Gasteiger charge is -2.05. The molecule has 0 heterocycles. The molecule has 2 N–H and O–H groups in total. The van der Waals surface area contributed by atoms with Crippen LogP contribution in [0.4, 0.5) is 5.69 Å². The molecule has 0 atom stereocenters. The molecule has 1 rings (SSSR count). The average Bonchev–Trinajstić information content (AvgIpc) is 2.16. The van der Waals surface area contributed by atoms with E-state index in [9.17, 15) is 10.1 Å². The van der Waals surface area contributed by atoms with Gasteiger partial charge in [0, 0.05) is 12.1 Å². The zero-order chi connectivity index (χ0) is 11.4. The first-order valence-corrected chi connectivity index (χ1v) is 5.14. The summed E-state index contributed by atoms with van der Waals surface area (Å²) >= 11 is 11.8. The van der Waals surface area contributed by atoms with Crippen molar-refractivity contribution in [3.8, 4) is 0 Å². The summed E-state index contributed by atoms with van der Waals surface area (Å²) in [6.07, 6.45) is 1.38. The fourth-order valence-corrected chi connectivity index (χ4v) is 1.88. The minimum atomic E-state index is -0.523. The van der Waals surface area contributed by atoms with E-state index in [1.165, 1.54) is 12.1 Å². The van der Waals surface area contributed by atoms with Gasteiger partial charge in [-0.05, 0) is 24.9 Å². The van der Waals surface area contributed by atoms with E-state index in [2.05, 4.69) is 0 Å². The van der Waals surface area contributed by atoms with Crippen molar-refractivity contribution in [2.45, 2.75) is 12.8 Å². The molecule has 0 spiro atoms. The van der Waals surface area contributed by atoms with Gasteiger partial charge >= 0.3 is 0 Å². The first-order chi connectivity index (χ1) is 7.06. The molecule has 0 fully saturated rings. The maximum atomic E-state index is 10.5. The molecule has 0 saturated carbocycles. The molecule has 0 saturated heterocycles. The van der Waals surface area contributed by atoms with Crippen LogP contribution in [-0.2, 0) is 6.42 Å². The first-order valence-electron chi connectivity index (χ1n) is 4.38. The van der Waals surface area contributed by atoms with E-state index in [1.807, 2.05) is 0 Å². The van der Waals surface area contributed by atoms with Crippen LogP contribution in [0, 0.1) is 10.1 Å². The van der Waals surface area contributed by atoms with Gasteiger partial charge in [-0.2, -0.15) is 0 Å². The number of nitrogens with two attached hydrogens (primary N) is 1. The van der Waals surface area contributed by atoms with Crippen molar-refractivity contribution in [2.24, 2.45) is 5.73 Å². The SMILES string of the molecule is NCCCc1c(Cl)cc([N+](=O)[O-])cc1Cl. The van der Waals surface area contributed by atoms with Crippen LogP contribution in [0.5, 0.6) is 0 Å². The predicted octanol–water partition coefficient (Wildman–Crippen LogP) is 2.79. The number of nitrogens with zero attached hydrogens (tertiary/aromatic N) is 1. The summed E-state index contributed by atoms with van der Waals surface area (Å²) in [4.78, 5) is 9.98. The number of nitro benzene ring substituents is 1. The molecule has 4 nitrogen and oxygen atoms in total. The van der Waals surface area contributed by atoms with Gasteiger partial charge in [0.05, 0.1) is 15.0 Å². The van der Waals surface area contributed by atoms with Crippen molar-refractivity contribution in [1.82, 2.24) is 0 Å². The lowest BCUT2D eigenvalue weighted by atomic mass is 10.1. The highest BCUT2D eigenvalue weighted by Gasteiger charge is 2.13. The average molecular weight is 249 g/mol. The van der Waals surface area contributed by atoms with Gasteiger partial charge in [0.15, 0.2) is 0 Å². The van der Waals surface area contributed by atoms with E-state index < -0.39 is 4.92 Å². The van der Waals surface area contributed by atoms with Gasteiger partial charge in [0.25, 0.3) is 5.69 Å². The number of non-ortho nitro benzene ring substituents is 1. The van der Waals surface area contributed by atoms with Crippen LogP contribution in [0.15, 0.2) is 12.1 Å². The summed E-state index contributed by atoms with van der Waals surface area (Å²) in [6.45, 7) is 0.531. The first kappa shape index (κ1) is 12.2. The quantitative estimate of drug-likeness (QED) is 0.658. The highest BCUT2D eigenvalue weighted by atomic mass is 35.5.